The predicted octanol–water partition coefficient (Wildman–Crippen LogP) is -0.0395. The van der Waals surface area contributed by atoms with Crippen LogP contribution in [0.3, 0.4) is 0 Å². The molecule has 0 bridgehead atoms. The lowest BCUT2D eigenvalue weighted by Gasteiger charge is -2.08. The van der Waals surface area contributed by atoms with Crippen LogP contribution >= 0.6 is 0 Å². The van der Waals surface area contributed by atoms with E-state index in [1.807, 2.05) is 0 Å². The average Bonchev–Trinajstić information content (AvgIpc) is 2.36. The molecule has 0 unspecified atom stereocenters. The van der Waals surface area contributed by atoms with Crippen molar-refractivity contribution in [3.63, 3.8) is 0 Å². The number of nitrogens with zero attached hydrogens (tertiary/aromatic N) is 1. The first-order valence-corrected chi connectivity index (χ1v) is 3.09. The van der Waals surface area contributed by atoms with Crippen molar-refractivity contribution in [1.29, 1.82) is 0 Å². The molecule has 0 saturated heterocycles. The summed E-state index contributed by atoms with van der Waals surface area (Å²) in [4.78, 5) is 10.9. The Morgan fingerprint density at radius 3 is 3.40 bits per heavy atom. The van der Waals surface area contributed by atoms with Gasteiger partial charge in [-0.15, -0.1) is 0 Å². The molecule has 2 rings (SSSR count). The maximum Gasteiger partial charge on any atom is 0.256 e. The maximum atomic E-state index is 10.9. The van der Waals surface area contributed by atoms with Crippen LogP contribution in [0.2, 0.25) is 0 Å². The highest BCUT2D eigenvalue weighted by Gasteiger charge is 2.19. The van der Waals surface area contributed by atoms with Crippen molar-refractivity contribution in [3.8, 4) is 0 Å². The SMILES string of the molecule is O=C1NCCc2oncc21. The Labute approximate surface area is 57.2 Å². The summed E-state index contributed by atoms with van der Waals surface area (Å²) >= 11 is 0. The van der Waals surface area contributed by atoms with E-state index < -0.39 is 0 Å². The fourth-order valence-electron chi connectivity index (χ4n) is 1.01. The molecular weight excluding hydrogens is 132 g/mol. The Balaban J connectivity index is 2.50. The lowest BCUT2D eigenvalue weighted by atomic mass is 10.1. The van der Waals surface area contributed by atoms with Crippen LogP contribution in [-0.4, -0.2) is 17.6 Å². The first-order chi connectivity index (χ1) is 4.88. The summed E-state index contributed by atoms with van der Waals surface area (Å²) in [7, 11) is 0. The minimum absolute atomic E-state index is 0.0810. The number of amides is 1. The van der Waals surface area contributed by atoms with Crippen LogP contribution in [-0.2, 0) is 6.42 Å². The molecule has 0 fully saturated rings. The summed E-state index contributed by atoms with van der Waals surface area (Å²) in [6, 6.07) is 0. The Morgan fingerprint density at radius 1 is 1.70 bits per heavy atom. The number of carbonyl (C=O) groups excluding carboxylic acids is 1. The van der Waals surface area contributed by atoms with Gasteiger partial charge in [0.2, 0.25) is 0 Å². The zero-order chi connectivity index (χ0) is 6.97. The average molecular weight is 138 g/mol. The lowest BCUT2D eigenvalue weighted by molar-refractivity contribution is 0.0942. The van der Waals surface area contributed by atoms with Crippen molar-refractivity contribution in [1.82, 2.24) is 10.5 Å². The zero-order valence-electron chi connectivity index (χ0n) is 5.26. The highest BCUT2D eigenvalue weighted by Crippen LogP contribution is 2.11. The van der Waals surface area contributed by atoms with E-state index in [0.29, 0.717) is 17.9 Å². The number of nitrogens with one attached hydrogen (secondary N) is 1. The molecule has 0 aliphatic carbocycles. The van der Waals surface area contributed by atoms with Crippen molar-refractivity contribution in [3.05, 3.63) is 17.5 Å². The summed E-state index contributed by atoms with van der Waals surface area (Å²) in [6.45, 7) is 0.654. The summed E-state index contributed by atoms with van der Waals surface area (Å²) in [5.41, 5.74) is 0.575. The molecule has 0 spiro atoms. The molecule has 1 aromatic rings. The van der Waals surface area contributed by atoms with Crippen LogP contribution in [0.5, 0.6) is 0 Å². The minimum Gasteiger partial charge on any atom is -0.360 e. The van der Waals surface area contributed by atoms with Gasteiger partial charge in [0, 0.05) is 13.0 Å². The number of hydrogen-bond acceptors (Lipinski definition) is 3. The molecule has 0 radical (unpaired) electrons. The topological polar surface area (TPSA) is 55.1 Å². The smallest absolute Gasteiger partial charge is 0.256 e. The molecule has 2 heterocycles. The minimum atomic E-state index is -0.0810. The van der Waals surface area contributed by atoms with Gasteiger partial charge < -0.3 is 9.84 Å². The fourth-order valence-corrected chi connectivity index (χ4v) is 1.01. The van der Waals surface area contributed by atoms with Crippen LogP contribution in [0.15, 0.2) is 10.7 Å². The number of fused-ring (bicyclic) bond motifs is 1. The second-order valence-corrected chi connectivity index (χ2v) is 2.17. The molecule has 0 saturated carbocycles. The van der Waals surface area contributed by atoms with Gasteiger partial charge in [0.05, 0.1) is 6.20 Å². The van der Waals surface area contributed by atoms with Crippen LogP contribution in [0.25, 0.3) is 0 Å². The van der Waals surface area contributed by atoms with Crippen molar-refractivity contribution in [2.75, 3.05) is 6.54 Å². The van der Waals surface area contributed by atoms with Gasteiger partial charge in [-0.1, -0.05) is 5.16 Å². The van der Waals surface area contributed by atoms with E-state index in [9.17, 15) is 4.79 Å². The summed E-state index contributed by atoms with van der Waals surface area (Å²) in [5.74, 6) is 0.617. The molecule has 1 aliphatic heterocycles. The monoisotopic (exact) mass is 138 g/mol. The largest absolute Gasteiger partial charge is 0.360 e. The van der Waals surface area contributed by atoms with Gasteiger partial charge in [0.15, 0.2) is 5.76 Å². The van der Waals surface area contributed by atoms with E-state index in [-0.39, 0.29) is 5.91 Å². The fraction of sp³-hybridized carbons (Fsp3) is 0.333. The normalized spacial score (nSPS) is 16.2. The van der Waals surface area contributed by atoms with Crippen molar-refractivity contribution in [2.24, 2.45) is 0 Å². The molecule has 4 heteroatoms. The molecule has 1 aromatic heterocycles. The molecule has 52 valence electrons. The number of hydrogen-bond donors (Lipinski definition) is 1. The van der Waals surface area contributed by atoms with Crippen LogP contribution in [0, 0.1) is 0 Å². The first kappa shape index (κ1) is 5.46. The second-order valence-electron chi connectivity index (χ2n) is 2.17. The summed E-state index contributed by atoms with van der Waals surface area (Å²) in [6.07, 6.45) is 2.20. The predicted molar refractivity (Wildman–Crippen MR) is 32.5 cm³/mol. The van der Waals surface area contributed by atoms with Crippen LogP contribution < -0.4 is 5.32 Å². The third kappa shape index (κ3) is 0.618. The van der Waals surface area contributed by atoms with Gasteiger partial charge in [-0.05, 0) is 0 Å². The third-order valence-electron chi connectivity index (χ3n) is 1.53. The molecule has 0 aromatic carbocycles. The van der Waals surface area contributed by atoms with Crippen molar-refractivity contribution in [2.45, 2.75) is 6.42 Å². The standard InChI is InChI=1S/C6H6N2O2/c9-6-4-3-8-10-5(4)1-2-7-6/h3H,1-2H2,(H,7,9). The maximum absolute atomic E-state index is 10.9. The van der Waals surface area contributed by atoms with Crippen molar-refractivity contribution >= 4 is 5.91 Å². The molecule has 0 atom stereocenters. The Bertz CT molecular complexity index is 266. The van der Waals surface area contributed by atoms with Gasteiger partial charge >= 0.3 is 0 Å². The summed E-state index contributed by atoms with van der Waals surface area (Å²) in [5, 5.41) is 6.20. The van der Waals surface area contributed by atoms with Crippen LogP contribution in [0.4, 0.5) is 0 Å². The Kier molecular flexibility index (Phi) is 1.00. The van der Waals surface area contributed by atoms with E-state index in [1.54, 1.807) is 0 Å². The van der Waals surface area contributed by atoms with Gasteiger partial charge in [-0.3, -0.25) is 4.79 Å². The quantitative estimate of drug-likeness (QED) is 0.547. The van der Waals surface area contributed by atoms with E-state index in [0.717, 1.165) is 6.42 Å². The lowest BCUT2D eigenvalue weighted by Crippen LogP contribution is -2.30. The van der Waals surface area contributed by atoms with E-state index in [4.69, 9.17) is 4.52 Å². The first-order valence-electron chi connectivity index (χ1n) is 3.09. The molecule has 1 N–H and O–H groups in total. The zero-order valence-corrected chi connectivity index (χ0v) is 5.26. The molecule has 10 heavy (non-hydrogen) atoms. The van der Waals surface area contributed by atoms with E-state index in [2.05, 4.69) is 10.5 Å². The number of carbonyl (C=O) groups is 1. The number of aromatic nitrogens is 1. The van der Waals surface area contributed by atoms with Gasteiger partial charge in [0.1, 0.15) is 5.56 Å². The third-order valence-corrected chi connectivity index (χ3v) is 1.53. The van der Waals surface area contributed by atoms with Crippen molar-refractivity contribution < 1.29 is 9.32 Å². The summed E-state index contributed by atoms with van der Waals surface area (Å²) < 4.78 is 4.82. The second kappa shape index (κ2) is 1.83. The number of rotatable bonds is 0. The molecular formula is C6H6N2O2. The van der Waals surface area contributed by atoms with E-state index in [1.165, 1.54) is 6.20 Å². The molecule has 1 amide bonds. The highest BCUT2D eigenvalue weighted by molar-refractivity contribution is 5.95. The van der Waals surface area contributed by atoms with Gasteiger partial charge in [-0.25, -0.2) is 0 Å². The van der Waals surface area contributed by atoms with E-state index >= 15 is 0 Å². The van der Waals surface area contributed by atoms with Crippen LogP contribution in [0.1, 0.15) is 16.1 Å². The Morgan fingerprint density at radius 2 is 2.60 bits per heavy atom. The van der Waals surface area contributed by atoms with Gasteiger partial charge in [-0.2, -0.15) is 0 Å². The Hall–Kier alpha value is -1.32. The van der Waals surface area contributed by atoms with Gasteiger partial charge in [0.25, 0.3) is 5.91 Å². The molecule has 4 nitrogen and oxygen atoms in total. The highest BCUT2D eigenvalue weighted by atomic mass is 16.5. The molecule has 1 aliphatic rings.